The molecule has 7 nitrogen and oxygen atoms in total. The SMILES string of the molecule is CCC(C)S/C=C(N)/C=C(\C)[C@@H]1C/C=C(/C)CC2NC2[C@H](C)[C@H](O)[C@@H](C)C(=O)C(C)(C)[C@@H](O)CC(=O)O1. The first kappa shape index (κ1) is 31.6. The van der Waals surface area contributed by atoms with Gasteiger partial charge in [0.25, 0.3) is 0 Å². The second kappa shape index (κ2) is 13.5. The number of Topliss-reactive ketones (excluding diaryl/α,β-unsaturated/α-hetero) is 1. The Morgan fingerprint density at radius 1 is 1.30 bits per heavy atom. The van der Waals surface area contributed by atoms with Gasteiger partial charge < -0.3 is 26.0 Å². The van der Waals surface area contributed by atoms with Crippen LogP contribution in [-0.2, 0) is 14.3 Å². The van der Waals surface area contributed by atoms with E-state index in [-0.39, 0.29) is 30.2 Å². The summed E-state index contributed by atoms with van der Waals surface area (Å²) in [4.78, 5) is 26.2. The molecule has 2 aliphatic rings. The summed E-state index contributed by atoms with van der Waals surface area (Å²) in [6.45, 7) is 15.1. The van der Waals surface area contributed by atoms with Crippen LogP contribution in [-0.4, -0.2) is 57.6 Å². The number of esters is 1. The van der Waals surface area contributed by atoms with E-state index in [1.165, 1.54) is 0 Å². The van der Waals surface area contributed by atoms with E-state index in [2.05, 4.69) is 32.2 Å². The van der Waals surface area contributed by atoms with Crippen LogP contribution in [0, 0.1) is 17.3 Å². The normalized spacial score (nSPS) is 36.7. The summed E-state index contributed by atoms with van der Waals surface area (Å²) in [7, 11) is 0. The van der Waals surface area contributed by atoms with Gasteiger partial charge in [-0.3, -0.25) is 9.59 Å². The second-order valence-electron chi connectivity index (χ2n) is 11.6. The van der Waals surface area contributed by atoms with Crippen LogP contribution in [0.3, 0.4) is 0 Å². The lowest BCUT2D eigenvalue weighted by atomic mass is 9.73. The molecular weight excluding hydrogens is 488 g/mol. The minimum atomic E-state index is -1.24. The standard InChI is InChI=1S/C29H48N2O5S/c1-9-18(4)37-15-21(30)13-17(3)23-11-10-16(2)12-22-26(31-22)19(5)27(34)20(6)28(35)29(7,8)24(32)14-25(33)36-23/h10,13,15,18-20,22-24,26-27,31-32,34H,9,11-12,14,30H2,1-8H3/b16-10-,17-13+,21-15-/t18?,19-,20+,22?,23-,24-,26?,27-/m0/s1. The van der Waals surface area contributed by atoms with Crippen molar-refractivity contribution >= 4 is 23.5 Å². The van der Waals surface area contributed by atoms with Crippen molar-refractivity contribution in [3.63, 3.8) is 0 Å². The molecule has 2 aliphatic heterocycles. The Labute approximate surface area is 227 Å². The van der Waals surface area contributed by atoms with E-state index >= 15 is 0 Å². The fraction of sp³-hybridized carbons (Fsp3) is 0.724. The molecule has 2 heterocycles. The van der Waals surface area contributed by atoms with Gasteiger partial charge >= 0.3 is 5.97 Å². The summed E-state index contributed by atoms with van der Waals surface area (Å²) < 4.78 is 5.83. The van der Waals surface area contributed by atoms with Gasteiger partial charge in [-0.2, -0.15) is 0 Å². The number of aliphatic hydroxyl groups is 2. The summed E-state index contributed by atoms with van der Waals surface area (Å²) in [5.41, 5.74) is 7.58. The highest BCUT2D eigenvalue weighted by Crippen LogP contribution is 2.35. The maximum Gasteiger partial charge on any atom is 0.309 e. The quantitative estimate of drug-likeness (QED) is 0.178. The van der Waals surface area contributed by atoms with Crippen LogP contribution in [0.5, 0.6) is 0 Å². The molecule has 1 fully saturated rings. The van der Waals surface area contributed by atoms with Crippen LogP contribution in [0.1, 0.15) is 81.1 Å². The molecule has 5 N–H and O–H groups in total. The van der Waals surface area contributed by atoms with Gasteiger partial charge in [-0.1, -0.05) is 53.2 Å². The van der Waals surface area contributed by atoms with Crippen molar-refractivity contribution in [2.75, 3.05) is 0 Å². The second-order valence-corrected chi connectivity index (χ2v) is 12.9. The Kier molecular flexibility index (Phi) is 11.5. The number of ketones is 1. The Morgan fingerprint density at radius 3 is 2.57 bits per heavy atom. The summed E-state index contributed by atoms with van der Waals surface area (Å²) >= 11 is 1.67. The number of cyclic esters (lactones) is 1. The number of carbonyl (C=O) groups excluding carboxylic acids is 2. The minimum Gasteiger partial charge on any atom is -0.457 e. The Balaban J connectivity index is 2.33. The van der Waals surface area contributed by atoms with Gasteiger partial charge in [0.1, 0.15) is 11.9 Å². The summed E-state index contributed by atoms with van der Waals surface area (Å²) in [5, 5.41) is 27.7. The molecule has 0 spiro atoms. The van der Waals surface area contributed by atoms with E-state index < -0.39 is 35.6 Å². The molecule has 0 aliphatic carbocycles. The van der Waals surface area contributed by atoms with Crippen molar-refractivity contribution in [1.82, 2.24) is 5.32 Å². The molecule has 0 saturated carbocycles. The molecule has 2 rings (SSSR count). The Morgan fingerprint density at radius 2 is 1.95 bits per heavy atom. The predicted molar refractivity (Wildman–Crippen MR) is 151 cm³/mol. The average molecular weight is 537 g/mol. The molecule has 3 unspecified atom stereocenters. The number of nitrogens with two attached hydrogens (primary N) is 1. The highest BCUT2D eigenvalue weighted by atomic mass is 32.2. The highest BCUT2D eigenvalue weighted by molar-refractivity contribution is 8.02. The Hall–Kier alpha value is -1.61. The largest absolute Gasteiger partial charge is 0.457 e. The predicted octanol–water partition coefficient (Wildman–Crippen LogP) is 4.24. The lowest BCUT2D eigenvalue weighted by Gasteiger charge is -2.34. The smallest absolute Gasteiger partial charge is 0.309 e. The zero-order valence-electron chi connectivity index (χ0n) is 23.8. The van der Waals surface area contributed by atoms with Gasteiger partial charge in [0, 0.05) is 35.4 Å². The molecule has 8 atom stereocenters. The zero-order chi connectivity index (χ0) is 28.1. The van der Waals surface area contributed by atoms with Gasteiger partial charge in [0.2, 0.25) is 0 Å². The first-order chi connectivity index (χ1) is 17.2. The van der Waals surface area contributed by atoms with Crippen molar-refractivity contribution in [2.24, 2.45) is 23.0 Å². The van der Waals surface area contributed by atoms with Gasteiger partial charge in [0.15, 0.2) is 0 Å². The molecule has 0 bridgehead atoms. The van der Waals surface area contributed by atoms with Crippen molar-refractivity contribution < 1.29 is 24.5 Å². The number of fused-ring (bicyclic) bond motifs is 1. The van der Waals surface area contributed by atoms with Crippen LogP contribution in [0.15, 0.2) is 34.4 Å². The molecule has 0 aromatic carbocycles. The fourth-order valence-electron chi connectivity index (χ4n) is 4.84. The number of aliphatic hydroxyl groups excluding tert-OH is 2. The van der Waals surface area contributed by atoms with Crippen LogP contribution in [0.2, 0.25) is 0 Å². The van der Waals surface area contributed by atoms with Crippen LogP contribution >= 0.6 is 11.8 Å². The minimum absolute atomic E-state index is 0.122. The van der Waals surface area contributed by atoms with E-state index in [9.17, 15) is 19.8 Å². The van der Waals surface area contributed by atoms with Crippen molar-refractivity contribution in [2.45, 2.75) is 117 Å². The number of carbonyl (C=O) groups is 2. The van der Waals surface area contributed by atoms with Crippen LogP contribution in [0.4, 0.5) is 0 Å². The number of hydrogen-bond donors (Lipinski definition) is 4. The maximum absolute atomic E-state index is 13.3. The third kappa shape index (κ3) is 8.70. The molecule has 0 aromatic heterocycles. The molecule has 0 aromatic rings. The number of rotatable bonds is 5. The topological polar surface area (TPSA) is 132 Å². The summed E-state index contributed by atoms with van der Waals surface area (Å²) in [5.74, 6) is -1.64. The van der Waals surface area contributed by atoms with E-state index in [4.69, 9.17) is 10.5 Å². The van der Waals surface area contributed by atoms with E-state index in [0.717, 1.165) is 24.0 Å². The molecular formula is C29H48N2O5S. The van der Waals surface area contributed by atoms with Crippen molar-refractivity contribution in [3.8, 4) is 0 Å². The zero-order valence-corrected chi connectivity index (χ0v) is 24.6. The first-order valence-corrected chi connectivity index (χ1v) is 14.4. The third-order valence-electron chi connectivity index (χ3n) is 8.00. The van der Waals surface area contributed by atoms with E-state index in [1.807, 2.05) is 25.3 Å². The lowest BCUT2D eigenvalue weighted by Crippen LogP contribution is -2.46. The van der Waals surface area contributed by atoms with Gasteiger partial charge in [0.05, 0.1) is 24.0 Å². The monoisotopic (exact) mass is 536 g/mol. The van der Waals surface area contributed by atoms with Crippen molar-refractivity contribution in [1.29, 1.82) is 0 Å². The van der Waals surface area contributed by atoms with Gasteiger partial charge in [-0.15, -0.1) is 11.8 Å². The molecule has 8 heteroatoms. The fourth-order valence-corrected chi connectivity index (χ4v) is 5.49. The number of ether oxygens (including phenoxy) is 1. The number of thioether (sulfide) groups is 1. The molecule has 1 saturated heterocycles. The molecule has 0 radical (unpaired) electrons. The average Bonchev–Trinajstić information content (AvgIpc) is 3.60. The van der Waals surface area contributed by atoms with E-state index in [0.29, 0.717) is 17.4 Å². The lowest BCUT2D eigenvalue weighted by molar-refractivity contribution is -0.154. The molecule has 0 amide bonds. The number of allylic oxidation sites excluding steroid dienone is 1. The first-order valence-electron chi connectivity index (χ1n) is 13.5. The highest BCUT2D eigenvalue weighted by Gasteiger charge is 2.47. The molecule has 37 heavy (non-hydrogen) atoms. The number of nitrogens with one attached hydrogen (secondary N) is 1. The maximum atomic E-state index is 13.3. The molecule has 210 valence electrons. The van der Waals surface area contributed by atoms with E-state index in [1.54, 1.807) is 32.5 Å². The van der Waals surface area contributed by atoms with Crippen LogP contribution < -0.4 is 11.1 Å². The summed E-state index contributed by atoms with van der Waals surface area (Å²) in [6, 6.07) is 0.348. The summed E-state index contributed by atoms with van der Waals surface area (Å²) in [6.07, 6.45) is 3.31. The van der Waals surface area contributed by atoms with Crippen molar-refractivity contribution in [3.05, 3.63) is 34.4 Å². The van der Waals surface area contributed by atoms with Gasteiger partial charge in [-0.05, 0) is 49.7 Å². The number of hydrogen-bond acceptors (Lipinski definition) is 8. The Bertz CT molecular complexity index is 912. The van der Waals surface area contributed by atoms with Crippen LogP contribution in [0.25, 0.3) is 0 Å². The third-order valence-corrected chi connectivity index (χ3v) is 9.21. The van der Waals surface area contributed by atoms with Gasteiger partial charge in [-0.25, -0.2) is 0 Å².